The van der Waals surface area contributed by atoms with E-state index in [1.54, 1.807) is 6.07 Å². The van der Waals surface area contributed by atoms with Gasteiger partial charge >= 0.3 is 0 Å². The monoisotopic (exact) mass is 381 g/mol. The first-order valence-electron chi connectivity index (χ1n) is 8.43. The standard InChI is InChI=1S/C18H20FN3OS.ClH/c19-13-3-1-2-12(9-13)16-10-24-18(21-16)22-17(23)8-11-6-14-4-5-15(7-11)20-14;/h1-3,9-11,14-15,20H,4-8H2,(H,21,22,23);1H. The summed E-state index contributed by atoms with van der Waals surface area (Å²) in [5.74, 6) is 0.208. The van der Waals surface area contributed by atoms with E-state index in [0.717, 1.165) is 18.4 Å². The lowest BCUT2D eigenvalue weighted by atomic mass is 9.89. The molecule has 2 atom stereocenters. The molecular formula is C18H21ClFN3OS. The first-order valence-corrected chi connectivity index (χ1v) is 9.31. The highest BCUT2D eigenvalue weighted by Gasteiger charge is 2.34. The van der Waals surface area contributed by atoms with E-state index >= 15 is 0 Å². The molecule has 0 aliphatic carbocycles. The van der Waals surface area contributed by atoms with E-state index < -0.39 is 0 Å². The van der Waals surface area contributed by atoms with Crippen molar-refractivity contribution in [1.82, 2.24) is 10.3 Å². The van der Waals surface area contributed by atoms with Crippen molar-refractivity contribution in [3.63, 3.8) is 0 Å². The maximum atomic E-state index is 13.3. The van der Waals surface area contributed by atoms with Crippen LogP contribution in [0.2, 0.25) is 0 Å². The number of nitrogens with one attached hydrogen (secondary N) is 2. The van der Waals surface area contributed by atoms with Gasteiger partial charge in [-0.15, -0.1) is 23.7 Å². The van der Waals surface area contributed by atoms with Gasteiger partial charge in [0.15, 0.2) is 5.13 Å². The quantitative estimate of drug-likeness (QED) is 0.833. The van der Waals surface area contributed by atoms with Gasteiger partial charge in [0.2, 0.25) is 5.91 Å². The fourth-order valence-electron chi connectivity index (χ4n) is 3.89. The Bertz CT molecular complexity index is 741. The van der Waals surface area contributed by atoms with Crippen molar-refractivity contribution < 1.29 is 9.18 Å². The van der Waals surface area contributed by atoms with Crippen LogP contribution in [0.1, 0.15) is 32.1 Å². The Morgan fingerprint density at radius 2 is 2.08 bits per heavy atom. The van der Waals surface area contributed by atoms with Gasteiger partial charge in [-0.1, -0.05) is 12.1 Å². The molecule has 25 heavy (non-hydrogen) atoms. The molecule has 1 amide bonds. The number of nitrogens with zero attached hydrogens (tertiary/aromatic N) is 1. The van der Waals surface area contributed by atoms with Gasteiger partial charge in [-0.25, -0.2) is 9.37 Å². The first-order chi connectivity index (χ1) is 11.7. The molecule has 1 aromatic carbocycles. The van der Waals surface area contributed by atoms with Crippen LogP contribution in [0.15, 0.2) is 29.6 Å². The smallest absolute Gasteiger partial charge is 0.226 e. The number of amides is 1. The molecule has 2 saturated heterocycles. The van der Waals surface area contributed by atoms with E-state index in [1.807, 2.05) is 11.4 Å². The van der Waals surface area contributed by atoms with Crippen molar-refractivity contribution >= 4 is 34.8 Å². The Morgan fingerprint density at radius 3 is 2.80 bits per heavy atom. The van der Waals surface area contributed by atoms with Crippen molar-refractivity contribution in [2.75, 3.05) is 5.32 Å². The van der Waals surface area contributed by atoms with Crippen molar-refractivity contribution in [3.8, 4) is 11.3 Å². The number of piperidine rings is 1. The number of carbonyl (C=O) groups is 1. The zero-order valence-corrected chi connectivity index (χ0v) is 15.3. The Hall–Kier alpha value is -1.50. The van der Waals surface area contributed by atoms with Gasteiger partial charge in [-0.2, -0.15) is 0 Å². The topological polar surface area (TPSA) is 54.0 Å². The highest BCUT2D eigenvalue weighted by Crippen LogP contribution is 2.33. The third-order valence-electron chi connectivity index (χ3n) is 4.92. The largest absolute Gasteiger partial charge is 0.311 e. The van der Waals surface area contributed by atoms with Gasteiger partial charge in [0, 0.05) is 29.4 Å². The van der Waals surface area contributed by atoms with Crippen LogP contribution >= 0.6 is 23.7 Å². The Balaban J connectivity index is 0.00000182. The van der Waals surface area contributed by atoms with Gasteiger partial charge in [0.05, 0.1) is 5.69 Å². The molecule has 2 N–H and O–H groups in total. The number of hydrogen-bond acceptors (Lipinski definition) is 4. The Labute approximate surface area is 156 Å². The van der Waals surface area contributed by atoms with E-state index in [-0.39, 0.29) is 24.1 Å². The summed E-state index contributed by atoms with van der Waals surface area (Å²) in [4.78, 5) is 16.7. The third kappa shape index (κ3) is 4.37. The maximum Gasteiger partial charge on any atom is 0.226 e. The van der Waals surface area contributed by atoms with E-state index in [2.05, 4.69) is 15.6 Å². The number of hydrogen-bond donors (Lipinski definition) is 2. The number of anilines is 1. The number of halogens is 2. The summed E-state index contributed by atoms with van der Waals surface area (Å²) in [6, 6.07) is 7.53. The molecule has 0 saturated carbocycles. The summed E-state index contributed by atoms with van der Waals surface area (Å²) in [5.41, 5.74) is 1.41. The van der Waals surface area contributed by atoms with Crippen LogP contribution in [0.3, 0.4) is 0 Å². The number of rotatable bonds is 4. The molecule has 3 heterocycles. The van der Waals surface area contributed by atoms with E-state index in [0.29, 0.717) is 35.2 Å². The summed E-state index contributed by atoms with van der Waals surface area (Å²) < 4.78 is 13.3. The van der Waals surface area contributed by atoms with Crippen LogP contribution in [0, 0.1) is 11.7 Å². The minimum atomic E-state index is -0.286. The predicted molar refractivity (Wildman–Crippen MR) is 101 cm³/mol. The van der Waals surface area contributed by atoms with Gasteiger partial charge in [-0.05, 0) is 43.7 Å². The summed E-state index contributed by atoms with van der Waals surface area (Å²) in [6.07, 6.45) is 5.23. The highest BCUT2D eigenvalue weighted by molar-refractivity contribution is 7.14. The van der Waals surface area contributed by atoms with Gasteiger partial charge in [0.1, 0.15) is 5.82 Å². The molecule has 2 fully saturated rings. The molecule has 7 heteroatoms. The van der Waals surface area contributed by atoms with Gasteiger partial charge in [0.25, 0.3) is 0 Å². The lowest BCUT2D eigenvalue weighted by Crippen LogP contribution is -2.39. The molecule has 2 aliphatic rings. The van der Waals surface area contributed by atoms with Crippen LogP contribution in [0.4, 0.5) is 9.52 Å². The van der Waals surface area contributed by atoms with Gasteiger partial charge < -0.3 is 10.6 Å². The normalized spacial score (nSPS) is 24.6. The molecule has 2 unspecified atom stereocenters. The average molecular weight is 382 g/mol. The van der Waals surface area contributed by atoms with Crippen LogP contribution in [-0.2, 0) is 4.79 Å². The Kier molecular flexibility index (Phi) is 5.71. The lowest BCUT2D eigenvalue weighted by molar-refractivity contribution is -0.117. The predicted octanol–water partition coefficient (Wildman–Crippen LogP) is 4.23. The zero-order chi connectivity index (χ0) is 16.5. The fraction of sp³-hybridized carbons (Fsp3) is 0.444. The maximum absolute atomic E-state index is 13.3. The van der Waals surface area contributed by atoms with Gasteiger partial charge in [-0.3, -0.25) is 4.79 Å². The minimum absolute atomic E-state index is 0. The number of aromatic nitrogens is 1. The highest BCUT2D eigenvalue weighted by atomic mass is 35.5. The molecule has 0 radical (unpaired) electrons. The molecule has 1 aromatic heterocycles. The number of thiazole rings is 1. The van der Waals surface area contributed by atoms with Crippen LogP contribution in [0.25, 0.3) is 11.3 Å². The molecule has 0 spiro atoms. The zero-order valence-electron chi connectivity index (χ0n) is 13.7. The summed E-state index contributed by atoms with van der Waals surface area (Å²) >= 11 is 1.38. The molecule has 2 aromatic rings. The van der Waals surface area contributed by atoms with Crippen molar-refractivity contribution in [2.45, 2.75) is 44.2 Å². The molecule has 4 rings (SSSR count). The van der Waals surface area contributed by atoms with Crippen molar-refractivity contribution in [2.24, 2.45) is 5.92 Å². The molecule has 2 bridgehead atoms. The van der Waals surface area contributed by atoms with Crippen molar-refractivity contribution in [3.05, 3.63) is 35.5 Å². The van der Waals surface area contributed by atoms with Crippen LogP contribution in [-0.4, -0.2) is 23.0 Å². The minimum Gasteiger partial charge on any atom is -0.311 e. The second-order valence-corrected chi connectivity index (χ2v) is 7.63. The number of carbonyl (C=O) groups excluding carboxylic acids is 1. The summed E-state index contributed by atoms with van der Waals surface area (Å²) in [7, 11) is 0. The SMILES string of the molecule is Cl.O=C(CC1CC2CCC(C1)N2)Nc1nc(-c2cccc(F)c2)cs1. The third-order valence-corrected chi connectivity index (χ3v) is 5.67. The molecule has 2 aliphatic heterocycles. The summed E-state index contributed by atoms with van der Waals surface area (Å²) in [6.45, 7) is 0. The van der Waals surface area contributed by atoms with E-state index in [9.17, 15) is 9.18 Å². The second kappa shape index (κ2) is 7.81. The van der Waals surface area contributed by atoms with Crippen LogP contribution < -0.4 is 10.6 Å². The first kappa shape index (κ1) is 18.3. The lowest BCUT2D eigenvalue weighted by Gasteiger charge is -2.28. The molecular weight excluding hydrogens is 361 g/mol. The molecule has 134 valence electrons. The average Bonchev–Trinajstić information content (AvgIpc) is 3.14. The van der Waals surface area contributed by atoms with E-state index in [4.69, 9.17) is 0 Å². The second-order valence-electron chi connectivity index (χ2n) is 6.78. The fourth-order valence-corrected chi connectivity index (χ4v) is 4.62. The number of benzene rings is 1. The Morgan fingerprint density at radius 1 is 1.32 bits per heavy atom. The molecule has 4 nitrogen and oxygen atoms in total. The van der Waals surface area contributed by atoms with E-state index in [1.165, 1.54) is 36.3 Å². The van der Waals surface area contributed by atoms with Crippen molar-refractivity contribution in [1.29, 1.82) is 0 Å². The van der Waals surface area contributed by atoms with Crippen LogP contribution in [0.5, 0.6) is 0 Å². The number of fused-ring (bicyclic) bond motifs is 2. The summed E-state index contributed by atoms with van der Waals surface area (Å²) in [5, 5.41) is 8.92.